The quantitative estimate of drug-likeness (QED) is 0.372. The largest absolute Gasteiger partial charge is 0.480 e. The molecule has 6 heteroatoms. The Bertz CT molecular complexity index is 1050. The Morgan fingerprint density at radius 2 is 1.71 bits per heavy atom. The van der Waals surface area contributed by atoms with Gasteiger partial charge in [-0.15, -0.1) is 0 Å². The molecule has 3 atom stereocenters. The minimum atomic E-state index is -0.711. The third-order valence-electron chi connectivity index (χ3n) is 9.44. The molecule has 1 N–H and O–H groups in total. The second-order valence-electron chi connectivity index (χ2n) is 12.0. The first-order valence-corrected chi connectivity index (χ1v) is 14.6. The Morgan fingerprint density at radius 3 is 2.37 bits per heavy atom. The van der Waals surface area contributed by atoms with Crippen LogP contribution in [0.15, 0.2) is 48.5 Å². The molecule has 0 amide bonds. The van der Waals surface area contributed by atoms with Gasteiger partial charge in [0.2, 0.25) is 0 Å². The number of rotatable bonds is 11. The van der Waals surface area contributed by atoms with E-state index in [4.69, 9.17) is 0 Å². The van der Waals surface area contributed by atoms with E-state index in [-0.39, 0.29) is 17.6 Å². The molecule has 4 nitrogen and oxygen atoms in total. The molecule has 206 valence electrons. The first-order valence-electron chi connectivity index (χ1n) is 14.6. The van der Waals surface area contributed by atoms with E-state index in [1.165, 1.54) is 37.3 Å². The maximum absolute atomic E-state index is 14.2. The van der Waals surface area contributed by atoms with Gasteiger partial charge in [0.15, 0.2) is 0 Å². The Balaban J connectivity index is 1.16. The van der Waals surface area contributed by atoms with E-state index in [1.54, 1.807) is 24.3 Å². The first kappa shape index (κ1) is 27.3. The van der Waals surface area contributed by atoms with E-state index in [1.807, 2.05) is 18.2 Å². The van der Waals surface area contributed by atoms with Crippen LogP contribution in [0.25, 0.3) is 0 Å². The number of carboxylic acids is 1. The molecule has 2 aromatic rings. The highest BCUT2D eigenvalue weighted by Crippen LogP contribution is 2.38. The zero-order valence-electron chi connectivity index (χ0n) is 22.4. The standard InChI is InChI=1S/C32H42F2N2O2/c33-28-12-10-23(11-13-28)4-1-5-24-14-16-35(17-15-24)20-27-21-36(31(32(37)38)18-25-6-2-7-25)22-30(27)26-8-3-9-29(34)19-26/h3,8-13,19,24-25,27,30-31H,1-2,4-7,14-18,20-22H2,(H,37,38)/t27?,30?,31-/m0/s1. The molecular formula is C32H42F2N2O2. The van der Waals surface area contributed by atoms with Gasteiger partial charge in [-0.05, 0) is 98.3 Å². The fraction of sp³-hybridized carbons (Fsp3) is 0.594. The summed E-state index contributed by atoms with van der Waals surface area (Å²) in [5.41, 5.74) is 2.20. The van der Waals surface area contributed by atoms with Crippen LogP contribution in [0.3, 0.4) is 0 Å². The number of piperidine rings is 1. The lowest BCUT2D eigenvalue weighted by atomic mass is 9.80. The molecule has 3 aliphatic rings. The third-order valence-corrected chi connectivity index (χ3v) is 9.44. The van der Waals surface area contributed by atoms with Crippen LogP contribution in [0, 0.1) is 29.4 Å². The molecule has 2 aliphatic heterocycles. The van der Waals surface area contributed by atoms with Gasteiger partial charge in [0.1, 0.15) is 17.7 Å². The van der Waals surface area contributed by atoms with Crippen LogP contribution < -0.4 is 0 Å². The average Bonchev–Trinajstić information content (AvgIpc) is 3.28. The van der Waals surface area contributed by atoms with Crippen LogP contribution in [0.4, 0.5) is 8.78 Å². The maximum Gasteiger partial charge on any atom is 0.320 e. The summed E-state index contributed by atoms with van der Waals surface area (Å²) in [5, 5.41) is 10.1. The number of carbonyl (C=O) groups is 1. The predicted octanol–water partition coefficient (Wildman–Crippen LogP) is 6.36. The van der Waals surface area contributed by atoms with Crippen molar-refractivity contribution in [3.05, 3.63) is 71.3 Å². The summed E-state index contributed by atoms with van der Waals surface area (Å²) in [6, 6.07) is 13.4. The molecule has 0 aromatic heterocycles. The Hall–Kier alpha value is -2.31. The Kier molecular flexibility index (Phi) is 9.11. The molecule has 0 bridgehead atoms. The smallest absolute Gasteiger partial charge is 0.320 e. The topological polar surface area (TPSA) is 43.8 Å². The zero-order chi connectivity index (χ0) is 26.5. The summed E-state index contributed by atoms with van der Waals surface area (Å²) < 4.78 is 27.3. The second-order valence-corrected chi connectivity index (χ2v) is 12.0. The summed E-state index contributed by atoms with van der Waals surface area (Å²) >= 11 is 0. The normalized spacial score (nSPS) is 24.4. The minimum absolute atomic E-state index is 0.155. The zero-order valence-corrected chi connectivity index (χ0v) is 22.4. The number of benzene rings is 2. The van der Waals surface area contributed by atoms with E-state index in [0.717, 1.165) is 69.8 Å². The number of halogens is 2. The number of likely N-dealkylation sites (tertiary alicyclic amines) is 2. The lowest BCUT2D eigenvalue weighted by Crippen LogP contribution is -2.43. The van der Waals surface area contributed by atoms with Crippen molar-refractivity contribution in [1.29, 1.82) is 0 Å². The van der Waals surface area contributed by atoms with Gasteiger partial charge in [0.25, 0.3) is 0 Å². The number of nitrogens with zero attached hydrogens (tertiary/aromatic N) is 2. The van der Waals surface area contributed by atoms with E-state index in [2.05, 4.69) is 9.80 Å². The summed E-state index contributed by atoms with van der Waals surface area (Å²) in [6.07, 6.45) is 9.95. The van der Waals surface area contributed by atoms with Crippen LogP contribution in [-0.2, 0) is 11.2 Å². The first-order chi connectivity index (χ1) is 18.4. The van der Waals surface area contributed by atoms with Crippen LogP contribution in [0.5, 0.6) is 0 Å². The highest BCUT2D eigenvalue weighted by molar-refractivity contribution is 5.73. The van der Waals surface area contributed by atoms with Crippen molar-refractivity contribution in [3.8, 4) is 0 Å². The van der Waals surface area contributed by atoms with Crippen molar-refractivity contribution in [2.24, 2.45) is 17.8 Å². The number of aliphatic carboxylic acids is 1. The molecule has 38 heavy (non-hydrogen) atoms. The number of carboxylic acid groups (broad SMARTS) is 1. The van der Waals surface area contributed by atoms with Gasteiger partial charge >= 0.3 is 5.97 Å². The van der Waals surface area contributed by atoms with Crippen molar-refractivity contribution >= 4 is 5.97 Å². The lowest BCUT2D eigenvalue weighted by molar-refractivity contribution is -0.144. The fourth-order valence-electron chi connectivity index (χ4n) is 6.94. The van der Waals surface area contributed by atoms with Crippen LogP contribution in [0.2, 0.25) is 0 Å². The van der Waals surface area contributed by atoms with Gasteiger partial charge in [-0.25, -0.2) is 8.78 Å². The molecule has 3 fully saturated rings. The van der Waals surface area contributed by atoms with E-state index < -0.39 is 12.0 Å². The molecule has 2 heterocycles. The molecule has 0 spiro atoms. The number of aryl methyl sites for hydroxylation is 1. The van der Waals surface area contributed by atoms with Crippen molar-refractivity contribution in [3.63, 3.8) is 0 Å². The fourth-order valence-corrected chi connectivity index (χ4v) is 6.94. The molecule has 2 aromatic carbocycles. The molecule has 1 aliphatic carbocycles. The molecule has 1 saturated carbocycles. The van der Waals surface area contributed by atoms with Crippen LogP contribution in [-0.4, -0.2) is 59.6 Å². The van der Waals surface area contributed by atoms with Gasteiger partial charge in [-0.3, -0.25) is 9.69 Å². The van der Waals surface area contributed by atoms with E-state index in [9.17, 15) is 18.7 Å². The summed E-state index contributed by atoms with van der Waals surface area (Å²) in [4.78, 5) is 17.0. The summed E-state index contributed by atoms with van der Waals surface area (Å²) in [5.74, 6) is 0.609. The van der Waals surface area contributed by atoms with Crippen LogP contribution >= 0.6 is 0 Å². The SMILES string of the molecule is O=C(O)[C@H](CC1CCC1)N1CC(CN2CCC(CCCc3ccc(F)cc3)CC2)C(c2cccc(F)c2)C1. The summed E-state index contributed by atoms with van der Waals surface area (Å²) in [6.45, 7) is 4.53. The molecule has 5 rings (SSSR count). The van der Waals surface area contributed by atoms with Gasteiger partial charge in [-0.1, -0.05) is 49.9 Å². The van der Waals surface area contributed by atoms with Gasteiger partial charge in [0, 0.05) is 25.6 Å². The highest BCUT2D eigenvalue weighted by Gasteiger charge is 2.41. The Labute approximate surface area is 226 Å². The lowest BCUT2D eigenvalue weighted by Gasteiger charge is -2.35. The third kappa shape index (κ3) is 7.01. The van der Waals surface area contributed by atoms with Crippen molar-refractivity contribution < 1.29 is 18.7 Å². The Morgan fingerprint density at radius 1 is 0.947 bits per heavy atom. The van der Waals surface area contributed by atoms with Crippen molar-refractivity contribution in [2.75, 3.05) is 32.7 Å². The highest BCUT2D eigenvalue weighted by atomic mass is 19.1. The van der Waals surface area contributed by atoms with E-state index in [0.29, 0.717) is 18.4 Å². The molecular weight excluding hydrogens is 482 g/mol. The van der Waals surface area contributed by atoms with Crippen LogP contribution in [0.1, 0.15) is 68.4 Å². The molecule has 2 saturated heterocycles. The molecule has 2 unspecified atom stereocenters. The average molecular weight is 525 g/mol. The van der Waals surface area contributed by atoms with Gasteiger partial charge < -0.3 is 10.0 Å². The monoisotopic (exact) mass is 524 g/mol. The molecule has 0 radical (unpaired) electrons. The van der Waals surface area contributed by atoms with Crippen molar-refractivity contribution in [2.45, 2.75) is 69.7 Å². The number of hydrogen-bond donors (Lipinski definition) is 1. The predicted molar refractivity (Wildman–Crippen MR) is 146 cm³/mol. The van der Waals surface area contributed by atoms with E-state index >= 15 is 0 Å². The summed E-state index contributed by atoms with van der Waals surface area (Å²) in [7, 11) is 0. The maximum atomic E-state index is 14.2. The van der Waals surface area contributed by atoms with Gasteiger partial charge in [-0.2, -0.15) is 0 Å². The second kappa shape index (κ2) is 12.7. The minimum Gasteiger partial charge on any atom is -0.480 e. The number of hydrogen-bond acceptors (Lipinski definition) is 3. The van der Waals surface area contributed by atoms with Gasteiger partial charge in [0.05, 0.1) is 0 Å². The van der Waals surface area contributed by atoms with Crippen molar-refractivity contribution in [1.82, 2.24) is 9.80 Å².